The van der Waals surface area contributed by atoms with E-state index < -0.39 is 9.84 Å². The van der Waals surface area contributed by atoms with Crippen LogP contribution < -0.4 is 10.6 Å². The molecule has 0 saturated carbocycles. The number of nitrogens with one attached hydrogen (secondary N) is 2. The first-order chi connectivity index (χ1) is 7.03. The number of hydrogen-bond acceptors (Lipinski definition) is 4. The van der Waals surface area contributed by atoms with Crippen molar-refractivity contribution in [2.75, 3.05) is 24.6 Å². The summed E-state index contributed by atoms with van der Waals surface area (Å²) < 4.78 is 22.6. The van der Waals surface area contributed by atoms with E-state index in [1.54, 1.807) is 0 Å². The van der Waals surface area contributed by atoms with Crippen LogP contribution in [-0.4, -0.2) is 45.0 Å². The second-order valence-electron chi connectivity index (χ2n) is 3.79. The molecule has 0 aliphatic carbocycles. The smallest absolute Gasteiger partial charge is 0.233 e. The van der Waals surface area contributed by atoms with Crippen LogP contribution in [0.2, 0.25) is 0 Å². The topological polar surface area (TPSA) is 75.3 Å². The van der Waals surface area contributed by atoms with Crippen LogP contribution in [0, 0.1) is 0 Å². The van der Waals surface area contributed by atoms with Gasteiger partial charge in [0.15, 0.2) is 9.84 Å². The Balaban J connectivity index is 2.30. The average Bonchev–Trinajstić information content (AvgIpc) is 2.14. The maximum Gasteiger partial charge on any atom is 0.233 e. The Kier molecular flexibility index (Phi) is 4.53. The van der Waals surface area contributed by atoms with Gasteiger partial charge >= 0.3 is 0 Å². The monoisotopic (exact) mass is 234 g/mol. The summed E-state index contributed by atoms with van der Waals surface area (Å²) in [6.07, 6.45) is 1.52. The molecule has 0 aromatic heterocycles. The summed E-state index contributed by atoms with van der Waals surface area (Å²) >= 11 is 0. The van der Waals surface area contributed by atoms with Crippen molar-refractivity contribution in [3.05, 3.63) is 0 Å². The lowest BCUT2D eigenvalue weighted by Crippen LogP contribution is -2.44. The maximum atomic E-state index is 11.3. The van der Waals surface area contributed by atoms with Crippen LogP contribution in [-0.2, 0) is 14.6 Å². The van der Waals surface area contributed by atoms with Crippen molar-refractivity contribution in [2.24, 2.45) is 0 Å². The summed E-state index contributed by atoms with van der Waals surface area (Å²) in [5.74, 6) is 0.360. The molecule has 1 atom stereocenters. The van der Waals surface area contributed by atoms with Crippen LogP contribution in [0.3, 0.4) is 0 Å². The lowest BCUT2D eigenvalue weighted by molar-refractivity contribution is -0.120. The molecular weight excluding hydrogens is 216 g/mol. The van der Waals surface area contributed by atoms with Gasteiger partial charge in [0.05, 0.1) is 18.1 Å². The number of rotatable bonds is 4. The van der Waals surface area contributed by atoms with Gasteiger partial charge in [-0.25, -0.2) is 8.42 Å². The van der Waals surface area contributed by atoms with Gasteiger partial charge in [0, 0.05) is 12.6 Å². The first-order valence-corrected chi connectivity index (χ1v) is 7.06. The Hall–Kier alpha value is -0.620. The Morgan fingerprint density at radius 3 is 2.80 bits per heavy atom. The maximum absolute atomic E-state index is 11.3. The highest BCUT2D eigenvalue weighted by Crippen LogP contribution is 2.11. The van der Waals surface area contributed by atoms with E-state index in [-0.39, 0.29) is 30.0 Å². The quantitative estimate of drug-likeness (QED) is 0.674. The van der Waals surface area contributed by atoms with Crippen molar-refractivity contribution in [1.82, 2.24) is 10.6 Å². The van der Waals surface area contributed by atoms with Crippen LogP contribution in [0.15, 0.2) is 0 Å². The average molecular weight is 234 g/mol. The molecule has 1 amide bonds. The van der Waals surface area contributed by atoms with Gasteiger partial charge < -0.3 is 10.6 Å². The van der Waals surface area contributed by atoms with Gasteiger partial charge in [-0.15, -0.1) is 0 Å². The molecule has 0 aromatic rings. The van der Waals surface area contributed by atoms with Gasteiger partial charge in [-0.05, 0) is 19.8 Å². The standard InChI is InChI=1S/C9H18N2O3S/c1-2-10-9(12)6-11-8-4-3-5-15(13,14)7-8/h8,11H,2-7H2,1H3,(H,10,12). The van der Waals surface area contributed by atoms with Crippen LogP contribution in [0.4, 0.5) is 0 Å². The van der Waals surface area contributed by atoms with Gasteiger partial charge in [0.1, 0.15) is 0 Å². The van der Waals surface area contributed by atoms with E-state index >= 15 is 0 Å². The van der Waals surface area contributed by atoms with Crippen molar-refractivity contribution in [3.8, 4) is 0 Å². The van der Waals surface area contributed by atoms with Crippen molar-refractivity contribution < 1.29 is 13.2 Å². The summed E-state index contributed by atoms with van der Waals surface area (Å²) in [6, 6.07) is -0.0636. The third kappa shape index (κ3) is 4.61. The molecule has 1 aliphatic rings. The summed E-state index contributed by atoms with van der Waals surface area (Å²) in [7, 11) is -2.89. The summed E-state index contributed by atoms with van der Waals surface area (Å²) in [5, 5.41) is 5.63. The van der Waals surface area contributed by atoms with E-state index in [1.165, 1.54) is 0 Å². The molecule has 0 aromatic carbocycles. The highest BCUT2D eigenvalue weighted by atomic mass is 32.2. The van der Waals surface area contributed by atoms with E-state index in [1.807, 2.05) is 6.92 Å². The molecule has 15 heavy (non-hydrogen) atoms. The number of carbonyl (C=O) groups excluding carboxylic acids is 1. The lowest BCUT2D eigenvalue weighted by Gasteiger charge is -2.22. The highest BCUT2D eigenvalue weighted by Gasteiger charge is 2.24. The van der Waals surface area contributed by atoms with E-state index in [4.69, 9.17) is 0 Å². The first kappa shape index (κ1) is 12.4. The largest absolute Gasteiger partial charge is 0.355 e. The number of carbonyl (C=O) groups is 1. The molecule has 1 heterocycles. The SMILES string of the molecule is CCNC(=O)CNC1CCCS(=O)(=O)C1. The molecule has 1 unspecified atom stereocenters. The number of likely N-dealkylation sites (N-methyl/N-ethyl adjacent to an activating group) is 1. The minimum absolute atomic E-state index is 0.0636. The van der Waals surface area contributed by atoms with Crippen molar-refractivity contribution in [3.63, 3.8) is 0 Å². The summed E-state index contributed by atoms with van der Waals surface area (Å²) in [6.45, 7) is 2.65. The molecule has 88 valence electrons. The molecule has 1 fully saturated rings. The van der Waals surface area contributed by atoms with Gasteiger partial charge in [-0.1, -0.05) is 0 Å². The lowest BCUT2D eigenvalue weighted by atomic mass is 10.2. The van der Waals surface area contributed by atoms with Gasteiger partial charge in [0.25, 0.3) is 0 Å². The Morgan fingerprint density at radius 1 is 1.47 bits per heavy atom. The van der Waals surface area contributed by atoms with Gasteiger partial charge in [-0.3, -0.25) is 4.79 Å². The molecule has 0 radical (unpaired) electrons. The number of hydrogen-bond donors (Lipinski definition) is 2. The molecule has 1 saturated heterocycles. The van der Waals surface area contributed by atoms with Crippen LogP contribution in [0.1, 0.15) is 19.8 Å². The third-order valence-electron chi connectivity index (χ3n) is 2.39. The van der Waals surface area contributed by atoms with Crippen LogP contribution in [0.5, 0.6) is 0 Å². The molecule has 6 heteroatoms. The van der Waals surface area contributed by atoms with E-state index in [0.717, 1.165) is 6.42 Å². The van der Waals surface area contributed by atoms with Crippen molar-refractivity contribution in [1.29, 1.82) is 0 Å². The predicted molar refractivity (Wildman–Crippen MR) is 58.4 cm³/mol. The minimum atomic E-state index is -2.89. The number of amides is 1. The Bertz CT molecular complexity index is 313. The van der Waals surface area contributed by atoms with Crippen molar-refractivity contribution >= 4 is 15.7 Å². The van der Waals surface area contributed by atoms with Crippen LogP contribution >= 0.6 is 0 Å². The molecule has 0 spiro atoms. The van der Waals surface area contributed by atoms with E-state index in [2.05, 4.69) is 10.6 Å². The molecule has 1 aliphatic heterocycles. The van der Waals surface area contributed by atoms with Crippen molar-refractivity contribution in [2.45, 2.75) is 25.8 Å². The van der Waals surface area contributed by atoms with E-state index in [0.29, 0.717) is 13.0 Å². The summed E-state index contributed by atoms with van der Waals surface area (Å²) in [4.78, 5) is 11.1. The molecule has 2 N–H and O–H groups in total. The first-order valence-electron chi connectivity index (χ1n) is 5.24. The van der Waals surface area contributed by atoms with Gasteiger partial charge in [0.2, 0.25) is 5.91 Å². The fourth-order valence-corrected chi connectivity index (χ4v) is 3.35. The Morgan fingerprint density at radius 2 is 2.20 bits per heavy atom. The second kappa shape index (κ2) is 5.46. The zero-order valence-corrected chi connectivity index (χ0v) is 9.77. The normalized spacial score (nSPS) is 24.7. The molecule has 0 bridgehead atoms. The zero-order chi connectivity index (χ0) is 11.3. The van der Waals surface area contributed by atoms with Crippen LogP contribution in [0.25, 0.3) is 0 Å². The van der Waals surface area contributed by atoms with Gasteiger partial charge in [-0.2, -0.15) is 0 Å². The fraction of sp³-hybridized carbons (Fsp3) is 0.889. The number of sulfone groups is 1. The van der Waals surface area contributed by atoms with E-state index in [9.17, 15) is 13.2 Å². The Labute approximate surface area is 90.5 Å². The molecule has 5 nitrogen and oxygen atoms in total. The fourth-order valence-electron chi connectivity index (χ4n) is 1.68. The summed E-state index contributed by atoms with van der Waals surface area (Å²) in [5.41, 5.74) is 0. The highest BCUT2D eigenvalue weighted by molar-refractivity contribution is 7.91. The molecule has 1 rings (SSSR count). The third-order valence-corrected chi connectivity index (χ3v) is 4.21. The molecular formula is C9H18N2O3S. The zero-order valence-electron chi connectivity index (χ0n) is 8.95. The second-order valence-corrected chi connectivity index (χ2v) is 6.02. The predicted octanol–water partition coefficient (Wildman–Crippen LogP) is -0.711. The minimum Gasteiger partial charge on any atom is -0.355 e.